The maximum Gasteiger partial charge on any atom is 0.227 e. The van der Waals surface area contributed by atoms with Gasteiger partial charge in [0.15, 0.2) is 0 Å². The highest BCUT2D eigenvalue weighted by Crippen LogP contribution is 2.38. The fourth-order valence-electron chi connectivity index (χ4n) is 3.29. The van der Waals surface area contributed by atoms with Crippen LogP contribution in [0.4, 0.5) is 0 Å². The number of hydrogen-bond donors (Lipinski definition) is 1. The van der Waals surface area contributed by atoms with Crippen LogP contribution in [0.15, 0.2) is 0 Å². The van der Waals surface area contributed by atoms with Crippen LogP contribution in [0.5, 0.6) is 0 Å². The lowest BCUT2D eigenvalue weighted by molar-refractivity contribution is -0.136. The highest BCUT2D eigenvalue weighted by atomic mass is 16.2. The Morgan fingerprint density at radius 3 is 2.79 bits per heavy atom. The molecule has 2 unspecified atom stereocenters. The van der Waals surface area contributed by atoms with Crippen LogP contribution >= 0.6 is 0 Å². The summed E-state index contributed by atoms with van der Waals surface area (Å²) in [5.41, 5.74) is 0. The highest BCUT2D eigenvalue weighted by molar-refractivity contribution is 5.80. The first-order valence-electron chi connectivity index (χ1n) is 5.86. The Morgan fingerprint density at radius 1 is 1.29 bits per heavy atom. The van der Waals surface area contributed by atoms with E-state index in [1.807, 2.05) is 0 Å². The second-order valence-electron chi connectivity index (χ2n) is 5.01. The van der Waals surface area contributed by atoms with E-state index >= 15 is 0 Å². The third-order valence-corrected chi connectivity index (χ3v) is 4.10. The molecule has 78 valence electrons. The molecule has 1 N–H and O–H groups in total. The maximum absolute atomic E-state index is 12.1. The maximum atomic E-state index is 12.1. The molecular weight excluding hydrogens is 176 g/mol. The van der Waals surface area contributed by atoms with Crippen LogP contribution in [-0.2, 0) is 4.79 Å². The van der Waals surface area contributed by atoms with E-state index in [9.17, 15) is 4.79 Å². The third-order valence-electron chi connectivity index (χ3n) is 4.10. The predicted molar refractivity (Wildman–Crippen MR) is 53.8 cm³/mol. The van der Waals surface area contributed by atoms with Crippen LogP contribution < -0.4 is 5.32 Å². The second-order valence-corrected chi connectivity index (χ2v) is 5.01. The van der Waals surface area contributed by atoms with Crippen LogP contribution in [0, 0.1) is 11.8 Å². The lowest BCUT2D eigenvalue weighted by Gasteiger charge is -2.29. The summed E-state index contributed by atoms with van der Waals surface area (Å²) < 4.78 is 0. The summed E-state index contributed by atoms with van der Waals surface area (Å²) in [5, 5.41) is 3.27. The van der Waals surface area contributed by atoms with Gasteiger partial charge in [0.25, 0.3) is 0 Å². The number of nitrogens with one attached hydrogen (secondary N) is 1. The molecule has 1 aliphatic carbocycles. The van der Waals surface area contributed by atoms with E-state index in [-0.39, 0.29) is 5.92 Å². The van der Waals surface area contributed by atoms with Gasteiger partial charge in [0, 0.05) is 19.1 Å². The molecule has 3 rings (SSSR count). The van der Waals surface area contributed by atoms with Gasteiger partial charge < -0.3 is 10.2 Å². The Balaban J connectivity index is 1.67. The molecule has 1 amide bonds. The fourth-order valence-corrected chi connectivity index (χ4v) is 3.29. The van der Waals surface area contributed by atoms with E-state index in [1.54, 1.807) is 0 Å². The highest BCUT2D eigenvalue weighted by Gasteiger charge is 2.42. The zero-order chi connectivity index (χ0) is 9.54. The Kier molecular flexibility index (Phi) is 2.01. The van der Waals surface area contributed by atoms with Crippen molar-refractivity contribution in [1.82, 2.24) is 10.2 Å². The number of carbonyl (C=O) groups is 1. The lowest BCUT2D eigenvalue weighted by Crippen LogP contribution is -2.41. The van der Waals surface area contributed by atoms with E-state index in [0.29, 0.717) is 11.9 Å². The van der Waals surface area contributed by atoms with Gasteiger partial charge in [-0.05, 0) is 38.1 Å². The first kappa shape index (κ1) is 8.72. The van der Waals surface area contributed by atoms with E-state index in [2.05, 4.69) is 10.2 Å². The minimum atomic E-state index is 0.286. The Bertz CT molecular complexity index is 248. The minimum absolute atomic E-state index is 0.286. The summed E-state index contributed by atoms with van der Waals surface area (Å²) in [6.45, 7) is 2.99. The number of piperidine rings is 1. The van der Waals surface area contributed by atoms with Crippen molar-refractivity contribution in [2.45, 2.75) is 31.7 Å². The summed E-state index contributed by atoms with van der Waals surface area (Å²) in [6.07, 6.45) is 4.95. The van der Waals surface area contributed by atoms with Gasteiger partial charge in [0.05, 0.1) is 5.92 Å². The summed E-state index contributed by atoms with van der Waals surface area (Å²) in [4.78, 5) is 14.3. The van der Waals surface area contributed by atoms with Gasteiger partial charge in [-0.15, -0.1) is 0 Å². The molecule has 0 aromatic heterocycles. The second kappa shape index (κ2) is 3.23. The smallest absolute Gasteiger partial charge is 0.227 e. The molecule has 2 saturated heterocycles. The third kappa shape index (κ3) is 1.26. The van der Waals surface area contributed by atoms with E-state index in [0.717, 1.165) is 32.0 Å². The normalized spacial score (nSPS) is 40.9. The monoisotopic (exact) mass is 194 g/mol. The number of likely N-dealkylation sites (tertiary alicyclic amines) is 1. The SMILES string of the molecule is O=C([C@@H]1CCNC1)N1CC2CCC1C2. The molecule has 3 nitrogen and oxygen atoms in total. The average molecular weight is 194 g/mol. The van der Waals surface area contributed by atoms with E-state index in [4.69, 9.17) is 0 Å². The van der Waals surface area contributed by atoms with Crippen molar-refractivity contribution in [1.29, 1.82) is 0 Å². The van der Waals surface area contributed by atoms with Gasteiger partial charge in [-0.2, -0.15) is 0 Å². The lowest BCUT2D eigenvalue weighted by atomic mass is 10.0. The molecule has 2 aliphatic heterocycles. The standard InChI is InChI=1S/C11H18N2O/c14-11(9-3-4-12-6-9)13-7-8-1-2-10(13)5-8/h8-10,12H,1-7H2/t8?,9-,10?/m1/s1. The first-order valence-corrected chi connectivity index (χ1v) is 5.86. The molecule has 0 spiro atoms. The van der Waals surface area contributed by atoms with Crippen LogP contribution in [-0.4, -0.2) is 36.5 Å². The summed E-state index contributed by atoms with van der Waals surface area (Å²) in [7, 11) is 0. The molecule has 1 saturated carbocycles. The summed E-state index contributed by atoms with van der Waals surface area (Å²) in [5.74, 6) is 1.55. The van der Waals surface area contributed by atoms with Crippen LogP contribution in [0.1, 0.15) is 25.7 Å². The topological polar surface area (TPSA) is 32.3 Å². The van der Waals surface area contributed by atoms with Gasteiger partial charge in [0.2, 0.25) is 5.91 Å². The van der Waals surface area contributed by atoms with Gasteiger partial charge in [-0.1, -0.05) is 0 Å². The van der Waals surface area contributed by atoms with Crippen molar-refractivity contribution in [3.8, 4) is 0 Å². The van der Waals surface area contributed by atoms with Crippen molar-refractivity contribution >= 4 is 5.91 Å². The van der Waals surface area contributed by atoms with Crippen molar-refractivity contribution in [2.24, 2.45) is 11.8 Å². The fraction of sp³-hybridized carbons (Fsp3) is 0.909. The van der Waals surface area contributed by atoms with Crippen LogP contribution in [0.2, 0.25) is 0 Å². The summed E-state index contributed by atoms with van der Waals surface area (Å²) in [6, 6.07) is 0.605. The number of nitrogens with zero attached hydrogens (tertiary/aromatic N) is 1. The number of carbonyl (C=O) groups excluding carboxylic acids is 1. The molecule has 3 atom stereocenters. The minimum Gasteiger partial charge on any atom is -0.339 e. The Morgan fingerprint density at radius 2 is 2.21 bits per heavy atom. The van der Waals surface area contributed by atoms with Crippen molar-refractivity contribution in [2.75, 3.05) is 19.6 Å². The molecule has 3 aliphatic rings. The van der Waals surface area contributed by atoms with Crippen LogP contribution in [0.3, 0.4) is 0 Å². The van der Waals surface area contributed by atoms with Crippen molar-refractivity contribution in [3.05, 3.63) is 0 Å². The quantitative estimate of drug-likeness (QED) is 0.663. The molecule has 3 fully saturated rings. The molecule has 0 radical (unpaired) electrons. The molecule has 2 heterocycles. The molecule has 14 heavy (non-hydrogen) atoms. The molecule has 2 bridgehead atoms. The van der Waals surface area contributed by atoms with Gasteiger partial charge >= 0.3 is 0 Å². The molecule has 3 heteroatoms. The number of rotatable bonds is 1. The van der Waals surface area contributed by atoms with Crippen molar-refractivity contribution in [3.63, 3.8) is 0 Å². The van der Waals surface area contributed by atoms with E-state index < -0.39 is 0 Å². The molecule has 0 aromatic rings. The Labute approximate surface area is 84.8 Å². The van der Waals surface area contributed by atoms with Crippen molar-refractivity contribution < 1.29 is 4.79 Å². The zero-order valence-corrected chi connectivity index (χ0v) is 8.54. The van der Waals surface area contributed by atoms with E-state index in [1.165, 1.54) is 19.3 Å². The largest absolute Gasteiger partial charge is 0.339 e. The average Bonchev–Trinajstić information content (AvgIpc) is 2.93. The van der Waals surface area contributed by atoms with Gasteiger partial charge in [0.1, 0.15) is 0 Å². The molecule has 0 aromatic carbocycles. The first-order chi connectivity index (χ1) is 6.84. The van der Waals surface area contributed by atoms with Gasteiger partial charge in [-0.25, -0.2) is 0 Å². The number of amides is 1. The summed E-state index contributed by atoms with van der Waals surface area (Å²) >= 11 is 0. The Hall–Kier alpha value is -0.570. The number of hydrogen-bond acceptors (Lipinski definition) is 2. The number of fused-ring (bicyclic) bond motifs is 2. The van der Waals surface area contributed by atoms with Gasteiger partial charge in [-0.3, -0.25) is 4.79 Å². The van der Waals surface area contributed by atoms with Crippen LogP contribution in [0.25, 0.3) is 0 Å². The zero-order valence-electron chi connectivity index (χ0n) is 8.54. The molecular formula is C11H18N2O. The predicted octanol–water partition coefficient (Wildman–Crippen LogP) is 0.607.